The molecule has 1 aromatic carbocycles. The number of unbranched alkanes of at least 4 members (excludes halogenated alkanes) is 2. The molecule has 11 nitrogen and oxygen atoms in total. The number of amides is 2. The smallest absolute Gasteiger partial charge is 0.405 e. The van der Waals surface area contributed by atoms with Crippen LogP contribution in [0.25, 0.3) is 11.0 Å². The van der Waals surface area contributed by atoms with E-state index < -0.39 is 35.5 Å². The van der Waals surface area contributed by atoms with Crippen molar-refractivity contribution >= 4 is 29.0 Å². The van der Waals surface area contributed by atoms with E-state index in [0.717, 1.165) is 41.2 Å². The van der Waals surface area contributed by atoms with Crippen molar-refractivity contribution in [3.63, 3.8) is 0 Å². The minimum atomic E-state index is -1.29. The summed E-state index contributed by atoms with van der Waals surface area (Å²) in [6, 6.07) is 4.01. The van der Waals surface area contributed by atoms with Crippen LogP contribution in [0.1, 0.15) is 91.7 Å². The van der Waals surface area contributed by atoms with Gasteiger partial charge < -0.3 is 29.9 Å². The van der Waals surface area contributed by atoms with Crippen LogP contribution >= 0.6 is 0 Å². The Hall–Kier alpha value is -3.63. The molecule has 11 heteroatoms. The van der Waals surface area contributed by atoms with Crippen molar-refractivity contribution in [2.24, 2.45) is 17.3 Å². The summed E-state index contributed by atoms with van der Waals surface area (Å²) >= 11 is 0. The number of hydrogen-bond donors (Lipinski definition) is 3. The summed E-state index contributed by atoms with van der Waals surface area (Å²) in [7, 11) is 1.67. The van der Waals surface area contributed by atoms with Crippen molar-refractivity contribution < 1.29 is 34.1 Å². The van der Waals surface area contributed by atoms with E-state index in [1.54, 1.807) is 27.9 Å². The molecule has 2 amide bonds. The number of carboxylic acids is 1. The van der Waals surface area contributed by atoms with Gasteiger partial charge in [-0.15, -0.1) is 0 Å². The quantitative estimate of drug-likeness (QED) is 0.233. The first-order valence-corrected chi connectivity index (χ1v) is 15.9. The Morgan fingerprint density at radius 2 is 1.77 bits per heavy atom. The van der Waals surface area contributed by atoms with Gasteiger partial charge in [0.05, 0.1) is 24.8 Å². The SMILES string of the molecule is CCC1CCN(C(=O)[C@@H](NC(=O)O)C(C)(C)C)C1C(=O)O.CCOc1ccc2nc(CCCCCC3CC3)c(OC)nc2c1. The standard InChI is InChI=1S/C19H26N2O2.C14H24N2O5/c1-3-23-15-11-12-16-18(13-15)21-19(22-2)17(20-16)8-6-4-5-7-14-9-10-14;1-5-8-6-7-16(9(8)12(18)19)11(17)10(14(2,3)4)15-13(20)21/h11-14H,3-10H2,1-2H3;8-10,15H,5-7H2,1-4H3,(H,18,19)(H,20,21)/t;8?,9?,10-/m.1/s1. The second-order valence-corrected chi connectivity index (χ2v) is 12.8. The van der Waals surface area contributed by atoms with E-state index in [-0.39, 0.29) is 5.92 Å². The van der Waals surface area contributed by atoms with Gasteiger partial charge >= 0.3 is 12.1 Å². The number of aromatic nitrogens is 2. The van der Waals surface area contributed by atoms with Gasteiger partial charge in [0.2, 0.25) is 11.8 Å². The highest BCUT2D eigenvalue weighted by molar-refractivity contribution is 5.90. The van der Waals surface area contributed by atoms with Gasteiger partial charge in [0.1, 0.15) is 23.5 Å². The maximum Gasteiger partial charge on any atom is 0.405 e. The van der Waals surface area contributed by atoms with Gasteiger partial charge in [0.25, 0.3) is 0 Å². The fourth-order valence-corrected chi connectivity index (χ4v) is 5.75. The van der Waals surface area contributed by atoms with Crippen molar-refractivity contribution in [2.45, 2.75) is 104 Å². The van der Waals surface area contributed by atoms with E-state index in [1.807, 2.05) is 32.0 Å². The number of aliphatic carboxylic acids is 1. The summed E-state index contributed by atoms with van der Waals surface area (Å²) in [5, 5.41) is 20.5. The van der Waals surface area contributed by atoms with Gasteiger partial charge in [-0.05, 0) is 55.6 Å². The van der Waals surface area contributed by atoms with Crippen LogP contribution in [0.3, 0.4) is 0 Å². The molecule has 0 bridgehead atoms. The van der Waals surface area contributed by atoms with E-state index in [2.05, 4.69) is 10.3 Å². The van der Waals surface area contributed by atoms with Crippen LogP contribution in [0.2, 0.25) is 0 Å². The van der Waals surface area contributed by atoms with Crippen molar-refractivity contribution in [1.82, 2.24) is 20.2 Å². The normalized spacial score (nSPS) is 18.7. The zero-order chi connectivity index (χ0) is 32.4. The van der Waals surface area contributed by atoms with Crippen LogP contribution in [0.15, 0.2) is 18.2 Å². The van der Waals surface area contributed by atoms with Gasteiger partial charge in [-0.2, -0.15) is 0 Å². The number of ether oxygens (including phenoxy) is 2. The Labute approximate surface area is 260 Å². The lowest BCUT2D eigenvalue weighted by atomic mass is 9.85. The molecule has 1 aliphatic heterocycles. The van der Waals surface area contributed by atoms with Crippen LogP contribution < -0.4 is 14.8 Å². The van der Waals surface area contributed by atoms with E-state index in [0.29, 0.717) is 31.9 Å². The number of fused-ring (bicyclic) bond motifs is 1. The third-order valence-electron chi connectivity index (χ3n) is 8.36. The van der Waals surface area contributed by atoms with E-state index >= 15 is 0 Å². The highest BCUT2D eigenvalue weighted by Gasteiger charge is 2.45. The van der Waals surface area contributed by atoms with Gasteiger partial charge in [-0.1, -0.05) is 66.2 Å². The molecule has 1 saturated carbocycles. The van der Waals surface area contributed by atoms with Crippen LogP contribution in [-0.2, 0) is 16.0 Å². The third kappa shape index (κ3) is 9.69. The molecule has 2 fully saturated rings. The Bertz CT molecular complexity index is 1270. The van der Waals surface area contributed by atoms with Gasteiger partial charge in [-0.25, -0.2) is 19.6 Å². The number of carbonyl (C=O) groups is 3. The summed E-state index contributed by atoms with van der Waals surface area (Å²) in [6.07, 6.45) is 9.01. The molecule has 0 radical (unpaired) electrons. The number of carbonyl (C=O) groups excluding carboxylic acids is 1. The number of nitrogens with one attached hydrogen (secondary N) is 1. The van der Waals surface area contributed by atoms with Crippen molar-refractivity contribution in [2.75, 3.05) is 20.3 Å². The zero-order valence-electron chi connectivity index (χ0n) is 27.1. The topological polar surface area (TPSA) is 151 Å². The second kappa shape index (κ2) is 15.9. The molecular weight excluding hydrogens is 564 g/mol. The molecule has 2 aromatic rings. The molecule has 244 valence electrons. The molecule has 1 aromatic heterocycles. The average molecular weight is 615 g/mol. The molecule has 2 aliphatic rings. The Morgan fingerprint density at radius 1 is 1.05 bits per heavy atom. The molecule has 2 unspecified atom stereocenters. The molecule has 4 rings (SSSR count). The van der Waals surface area contributed by atoms with Crippen LogP contribution in [-0.4, -0.2) is 75.4 Å². The molecule has 1 saturated heterocycles. The summed E-state index contributed by atoms with van der Waals surface area (Å²) in [6.45, 7) is 10.1. The largest absolute Gasteiger partial charge is 0.494 e. The summed E-state index contributed by atoms with van der Waals surface area (Å²) in [5.41, 5.74) is 2.06. The van der Waals surface area contributed by atoms with Crippen molar-refractivity contribution in [3.05, 3.63) is 23.9 Å². The number of nitrogens with zero attached hydrogens (tertiary/aromatic N) is 3. The van der Waals surface area contributed by atoms with Crippen molar-refractivity contribution in [1.29, 1.82) is 0 Å². The Kier molecular flexibility index (Phi) is 12.6. The van der Waals surface area contributed by atoms with Gasteiger partial charge in [-0.3, -0.25) is 4.79 Å². The highest BCUT2D eigenvalue weighted by atomic mass is 16.5. The fourth-order valence-electron chi connectivity index (χ4n) is 5.75. The Balaban J connectivity index is 0.000000242. The van der Waals surface area contributed by atoms with Crippen LogP contribution in [0, 0.1) is 17.3 Å². The molecule has 3 N–H and O–H groups in total. The molecule has 44 heavy (non-hydrogen) atoms. The number of carboxylic acid groups (broad SMARTS) is 2. The lowest BCUT2D eigenvalue weighted by Gasteiger charge is -2.34. The number of rotatable bonds is 13. The predicted octanol–water partition coefficient (Wildman–Crippen LogP) is 5.93. The lowest BCUT2D eigenvalue weighted by Crippen LogP contribution is -2.57. The van der Waals surface area contributed by atoms with Gasteiger partial charge in [0, 0.05) is 12.6 Å². The maximum atomic E-state index is 12.6. The van der Waals surface area contributed by atoms with E-state index in [4.69, 9.17) is 19.6 Å². The number of methoxy groups -OCH3 is 1. The van der Waals surface area contributed by atoms with Crippen LogP contribution in [0.4, 0.5) is 4.79 Å². The minimum absolute atomic E-state index is 0.0862. The van der Waals surface area contributed by atoms with Crippen molar-refractivity contribution in [3.8, 4) is 11.6 Å². The molecule has 0 spiro atoms. The molecule has 3 atom stereocenters. The number of hydrogen-bond acceptors (Lipinski definition) is 7. The zero-order valence-corrected chi connectivity index (χ0v) is 27.1. The predicted molar refractivity (Wildman–Crippen MR) is 168 cm³/mol. The first kappa shape index (κ1) is 34.9. The monoisotopic (exact) mass is 614 g/mol. The number of likely N-dealkylation sites (tertiary alicyclic amines) is 1. The van der Waals surface area contributed by atoms with E-state index in [9.17, 15) is 19.5 Å². The summed E-state index contributed by atoms with van der Waals surface area (Å²) in [5.74, 6) is 0.919. The average Bonchev–Trinajstić information content (AvgIpc) is 3.69. The summed E-state index contributed by atoms with van der Waals surface area (Å²) in [4.78, 5) is 45.7. The number of aryl methyl sites for hydroxylation is 1. The maximum absolute atomic E-state index is 12.6. The van der Waals surface area contributed by atoms with E-state index in [1.165, 1.54) is 37.0 Å². The molecule has 2 heterocycles. The molecular formula is C33H50N4O7. The first-order chi connectivity index (χ1) is 20.9. The number of benzene rings is 1. The lowest BCUT2D eigenvalue weighted by molar-refractivity contribution is -0.151. The molecule has 1 aliphatic carbocycles. The first-order valence-electron chi connectivity index (χ1n) is 15.9. The fraction of sp³-hybridized carbons (Fsp3) is 0.667. The highest BCUT2D eigenvalue weighted by Crippen LogP contribution is 2.34. The second-order valence-electron chi connectivity index (χ2n) is 12.8. The third-order valence-corrected chi connectivity index (χ3v) is 8.36. The minimum Gasteiger partial charge on any atom is -0.494 e. The van der Waals surface area contributed by atoms with Crippen LogP contribution in [0.5, 0.6) is 11.6 Å². The van der Waals surface area contributed by atoms with Gasteiger partial charge in [0.15, 0.2) is 0 Å². The Morgan fingerprint density at radius 3 is 2.34 bits per heavy atom. The summed E-state index contributed by atoms with van der Waals surface area (Å²) < 4.78 is 11.0.